The molecule has 2 atom stereocenters. The van der Waals surface area contributed by atoms with Gasteiger partial charge in [0.1, 0.15) is 17.9 Å². The third-order valence-corrected chi connectivity index (χ3v) is 7.59. The second kappa shape index (κ2) is 7.44. The van der Waals surface area contributed by atoms with Crippen LogP contribution in [0.25, 0.3) is 10.9 Å². The zero-order valence-corrected chi connectivity index (χ0v) is 18.5. The molecule has 176 valence electrons. The minimum absolute atomic E-state index is 0.0223. The Hall–Kier alpha value is -3.62. The second-order valence-corrected chi connectivity index (χ2v) is 9.69. The van der Waals surface area contributed by atoms with E-state index in [1.165, 1.54) is 6.20 Å². The highest BCUT2D eigenvalue weighted by Gasteiger charge is 2.44. The van der Waals surface area contributed by atoms with Crippen molar-refractivity contribution in [2.24, 2.45) is 5.92 Å². The molecule has 0 unspecified atom stereocenters. The number of aromatic nitrogens is 2. The molecule has 0 bridgehead atoms. The van der Waals surface area contributed by atoms with Gasteiger partial charge in [-0.2, -0.15) is 0 Å². The molecule has 4 N–H and O–H groups in total. The number of carbonyl (C=O) groups is 1. The first-order valence-electron chi connectivity index (χ1n) is 11.6. The lowest BCUT2D eigenvalue weighted by Crippen LogP contribution is -2.42. The summed E-state index contributed by atoms with van der Waals surface area (Å²) < 4.78 is 23.6. The van der Waals surface area contributed by atoms with Crippen molar-refractivity contribution < 1.29 is 19.0 Å². The van der Waals surface area contributed by atoms with Crippen LogP contribution in [0.4, 0.5) is 15.8 Å². The molecule has 8 nitrogen and oxygen atoms in total. The average Bonchev–Trinajstić information content (AvgIpc) is 3.37. The van der Waals surface area contributed by atoms with Crippen LogP contribution in [0.15, 0.2) is 35.4 Å². The Kier molecular flexibility index (Phi) is 4.59. The molecule has 3 heterocycles. The van der Waals surface area contributed by atoms with Crippen LogP contribution in [0.5, 0.6) is 5.75 Å². The van der Waals surface area contributed by atoms with Gasteiger partial charge in [0.15, 0.2) is 11.6 Å². The number of benzene rings is 1. The number of nitrogen functional groups attached to an aromatic ring is 1. The van der Waals surface area contributed by atoms with Crippen LogP contribution in [0.3, 0.4) is 0 Å². The maximum atomic E-state index is 15.6. The summed E-state index contributed by atoms with van der Waals surface area (Å²) in [5.41, 5.74) is 5.65. The molecular weight excluding hydrogens is 439 g/mol. The molecule has 1 aliphatic heterocycles. The van der Waals surface area contributed by atoms with Crippen LogP contribution >= 0.6 is 0 Å². The summed E-state index contributed by atoms with van der Waals surface area (Å²) in [7, 11) is 0. The number of nitrogens with two attached hydrogens (primary N) is 1. The van der Waals surface area contributed by atoms with Gasteiger partial charge in [0, 0.05) is 24.1 Å². The molecule has 2 fully saturated rings. The van der Waals surface area contributed by atoms with E-state index in [1.54, 1.807) is 6.20 Å². The number of carboxylic acid groups (broad SMARTS) is 1. The molecule has 2 aromatic heterocycles. The molecule has 0 amide bonds. The van der Waals surface area contributed by atoms with E-state index in [0.717, 1.165) is 44.2 Å². The molecule has 0 saturated heterocycles. The van der Waals surface area contributed by atoms with Crippen molar-refractivity contribution in [1.29, 1.82) is 0 Å². The number of hydrogen-bond acceptors (Lipinski definition) is 6. The molecule has 9 heteroatoms. The molecule has 2 aliphatic carbocycles. The maximum Gasteiger partial charge on any atom is 0.341 e. The van der Waals surface area contributed by atoms with E-state index in [9.17, 15) is 14.7 Å². The van der Waals surface area contributed by atoms with Gasteiger partial charge in [-0.15, -0.1) is 0 Å². The van der Waals surface area contributed by atoms with Crippen molar-refractivity contribution in [3.05, 3.63) is 57.9 Å². The van der Waals surface area contributed by atoms with Crippen molar-refractivity contribution in [1.82, 2.24) is 9.55 Å². The van der Waals surface area contributed by atoms with E-state index in [4.69, 9.17) is 10.5 Å². The first kappa shape index (κ1) is 20.9. The molecule has 2 saturated carbocycles. The Labute approximate surface area is 194 Å². The highest BCUT2D eigenvalue weighted by Crippen LogP contribution is 2.50. The van der Waals surface area contributed by atoms with E-state index in [0.29, 0.717) is 11.4 Å². The molecule has 3 aliphatic rings. The quantitative estimate of drug-likeness (QED) is 0.494. The Morgan fingerprint density at radius 3 is 2.85 bits per heavy atom. The summed E-state index contributed by atoms with van der Waals surface area (Å²) in [4.78, 5) is 29.3. The third kappa shape index (κ3) is 3.06. The fourth-order valence-electron chi connectivity index (χ4n) is 5.66. The predicted octanol–water partition coefficient (Wildman–Crippen LogP) is 3.52. The highest BCUT2D eigenvalue weighted by atomic mass is 19.1. The fraction of sp³-hybridized carbons (Fsp3) is 0.400. The molecule has 1 spiro atoms. The lowest BCUT2D eigenvalue weighted by molar-refractivity contribution is 0.0692. The minimum Gasteiger partial charge on any atom is -0.487 e. The van der Waals surface area contributed by atoms with Crippen LogP contribution in [0, 0.1) is 11.7 Å². The number of nitrogens with one attached hydrogen (secondary N) is 1. The molecule has 0 radical (unpaired) electrons. The maximum absolute atomic E-state index is 15.6. The van der Waals surface area contributed by atoms with Crippen molar-refractivity contribution in [3.8, 4) is 5.75 Å². The van der Waals surface area contributed by atoms with E-state index in [2.05, 4.69) is 10.3 Å². The van der Waals surface area contributed by atoms with Gasteiger partial charge in [0.2, 0.25) is 5.43 Å². The molecule has 3 aromatic rings. The van der Waals surface area contributed by atoms with Crippen molar-refractivity contribution in [2.45, 2.75) is 50.1 Å². The van der Waals surface area contributed by atoms with Gasteiger partial charge < -0.3 is 25.5 Å². The zero-order valence-electron chi connectivity index (χ0n) is 18.5. The van der Waals surface area contributed by atoms with Gasteiger partial charge in [0.05, 0.1) is 22.1 Å². The number of nitrogens with zero attached hydrogens (tertiary/aromatic N) is 2. The number of aromatic carboxylic acids is 1. The van der Waals surface area contributed by atoms with Gasteiger partial charge in [0.25, 0.3) is 0 Å². The lowest BCUT2D eigenvalue weighted by atomic mass is 9.93. The number of ether oxygens (including phenoxy) is 1. The van der Waals surface area contributed by atoms with Gasteiger partial charge in [-0.25, -0.2) is 9.18 Å². The number of pyridine rings is 2. The Balaban J connectivity index is 1.47. The summed E-state index contributed by atoms with van der Waals surface area (Å²) >= 11 is 0. The van der Waals surface area contributed by atoms with Crippen molar-refractivity contribution in [3.63, 3.8) is 0 Å². The van der Waals surface area contributed by atoms with E-state index in [1.807, 2.05) is 22.8 Å². The molecular formula is C25H25FN4O4. The number of hydrogen-bond donors (Lipinski definition) is 3. The summed E-state index contributed by atoms with van der Waals surface area (Å²) in [5, 5.41) is 12.8. The normalized spacial score (nSPS) is 22.0. The van der Waals surface area contributed by atoms with E-state index in [-0.39, 0.29) is 35.2 Å². The largest absolute Gasteiger partial charge is 0.487 e. The first-order chi connectivity index (χ1) is 16.4. The van der Waals surface area contributed by atoms with Gasteiger partial charge >= 0.3 is 5.97 Å². The van der Waals surface area contributed by atoms with Crippen LogP contribution in [0.1, 0.15) is 48.2 Å². The predicted molar refractivity (Wildman–Crippen MR) is 125 cm³/mol. The summed E-state index contributed by atoms with van der Waals surface area (Å²) in [6.45, 7) is 0.289. The number of fused-ring (bicyclic) bond motifs is 1. The van der Waals surface area contributed by atoms with Gasteiger partial charge in [-0.1, -0.05) is 18.9 Å². The van der Waals surface area contributed by atoms with Crippen LogP contribution in [-0.2, 0) is 12.0 Å². The van der Waals surface area contributed by atoms with Crippen molar-refractivity contribution in [2.75, 3.05) is 17.7 Å². The SMILES string of the molecule is Nc1c(F)c(N[C@@H]2C[C@H]2Cc2ccccn2)c2c3c1c(=O)c(C(=O)O)cn3C1(CCCC1)CO2. The zero-order chi connectivity index (χ0) is 23.6. The molecule has 1 aromatic carbocycles. The minimum atomic E-state index is -1.35. The number of rotatable bonds is 5. The van der Waals surface area contributed by atoms with Gasteiger partial charge in [-0.05, 0) is 43.7 Å². The van der Waals surface area contributed by atoms with Crippen LogP contribution < -0.4 is 21.2 Å². The first-order valence-corrected chi connectivity index (χ1v) is 11.6. The summed E-state index contributed by atoms with van der Waals surface area (Å²) in [6.07, 6.45) is 8.28. The number of halogens is 1. The monoisotopic (exact) mass is 464 g/mol. The molecule has 34 heavy (non-hydrogen) atoms. The lowest BCUT2D eigenvalue weighted by Gasteiger charge is -2.39. The average molecular weight is 464 g/mol. The van der Waals surface area contributed by atoms with Gasteiger partial charge in [-0.3, -0.25) is 9.78 Å². The number of anilines is 2. The summed E-state index contributed by atoms with van der Waals surface area (Å²) in [6, 6.07) is 5.80. The second-order valence-electron chi connectivity index (χ2n) is 9.69. The standard InChI is InChI=1S/C25H25FN4O4/c26-18-19(27)17-21-23(20(18)29-16-10-13(16)9-14-5-1-4-8-28-14)34-12-25(6-2-3-7-25)30(21)11-15(22(17)31)24(32)33/h1,4-5,8,11,13,16,29H,2-3,6-7,9-10,12,27H2,(H,32,33)/t13-,16-/m1/s1. The van der Waals surface area contributed by atoms with E-state index < -0.39 is 28.3 Å². The smallest absolute Gasteiger partial charge is 0.341 e. The van der Waals surface area contributed by atoms with Crippen molar-refractivity contribution >= 4 is 28.2 Å². The highest BCUT2D eigenvalue weighted by molar-refractivity contribution is 6.03. The Morgan fingerprint density at radius 1 is 1.35 bits per heavy atom. The Bertz CT molecular complexity index is 1380. The fourth-order valence-corrected chi connectivity index (χ4v) is 5.66. The molecule has 6 rings (SSSR count). The van der Waals surface area contributed by atoms with E-state index >= 15 is 4.39 Å². The number of carboxylic acids is 1. The third-order valence-electron chi connectivity index (χ3n) is 7.59. The van der Waals surface area contributed by atoms with Crippen LogP contribution in [0.2, 0.25) is 0 Å². The summed E-state index contributed by atoms with van der Waals surface area (Å²) in [5.74, 6) is -1.61. The Morgan fingerprint density at radius 2 is 2.15 bits per heavy atom. The van der Waals surface area contributed by atoms with Crippen LogP contribution in [-0.4, -0.2) is 33.3 Å². The topological polar surface area (TPSA) is 119 Å².